The van der Waals surface area contributed by atoms with E-state index in [1.54, 1.807) is 6.26 Å². The molecule has 7 heavy (non-hydrogen) atoms. The summed E-state index contributed by atoms with van der Waals surface area (Å²) in [6.07, 6.45) is 7.47. The van der Waals surface area contributed by atoms with Gasteiger partial charge < -0.3 is 4.74 Å². The largest absolute Gasteiger partial charge is 0.497 e. The summed E-state index contributed by atoms with van der Waals surface area (Å²) in [4.78, 5) is 0. The normalized spacial score (nSPS) is 14.9. The van der Waals surface area contributed by atoms with Crippen LogP contribution >= 0.6 is 0 Å². The summed E-state index contributed by atoms with van der Waals surface area (Å²) in [7, 11) is 0. The molecule has 1 nitrogen and oxygen atoms in total. The van der Waals surface area contributed by atoms with Crippen molar-refractivity contribution in [1.82, 2.24) is 0 Å². The smallest absolute Gasteiger partial charge is 0.106 e. The molecule has 0 atom stereocenters. The van der Waals surface area contributed by atoms with Crippen LogP contribution in [0.1, 0.15) is 0 Å². The summed E-state index contributed by atoms with van der Waals surface area (Å²) in [5.74, 6) is 0. The Morgan fingerprint density at radius 1 is 1.29 bits per heavy atom. The summed E-state index contributed by atoms with van der Waals surface area (Å²) in [6, 6.07) is 0. The minimum Gasteiger partial charge on any atom is -0.497 e. The number of rotatable bonds is 0. The third kappa shape index (κ3) is 2.50. The van der Waals surface area contributed by atoms with Gasteiger partial charge in [-0.15, -0.1) is 0 Å². The number of hydrogen-bond donors (Lipinski definition) is 0. The van der Waals surface area contributed by atoms with Gasteiger partial charge in [-0.2, -0.15) is 0 Å². The topological polar surface area (TPSA) is 9.23 Å². The van der Waals surface area contributed by atoms with Crippen LogP contribution in [0.25, 0.3) is 0 Å². The van der Waals surface area contributed by atoms with Crippen LogP contribution in [-0.4, -0.2) is 6.61 Å². The van der Waals surface area contributed by atoms with Gasteiger partial charge in [-0.3, -0.25) is 0 Å². The molecule has 0 fully saturated rings. The van der Waals surface area contributed by atoms with E-state index in [0.29, 0.717) is 0 Å². The Hall–Kier alpha value is -0.188. The van der Waals surface area contributed by atoms with Crippen LogP contribution in [0.2, 0.25) is 0 Å². The van der Waals surface area contributed by atoms with Crippen molar-refractivity contribution in [3.8, 4) is 0 Å². The zero-order chi connectivity index (χ0) is 4.24. The molecule has 1 aliphatic heterocycles. The second-order valence-corrected chi connectivity index (χ2v) is 1.09. The molecule has 1 aliphatic rings. The summed E-state index contributed by atoms with van der Waals surface area (Å²) in [5.41, 5.74) is 0. The maximum atomic E-state index is 4.80. The van der Waals surface area contributed by atoms with Gasteiger partial charge in [-0.25, -0.2) is 0 Å². The second-order valence-electron chi connectivity index (χ2n) is 1.09. The fourth-order valence-corrected chi connectivity index (χ4v) is 0.346. The van der Waals surface area contributed by atoms with Crippen LogP contribution in [0.5, 0.6) is 0 Å². The van der Waals surface area contributed by atoms with E-state index in [1.807, 2.05) is 18.2 Å². The van der Waals surface area contributed by atoms with Crippen molar-refractivity contribution < 1.29 is 22.1 Å². The molecule has 0 bridgehead atoms. The molecule has 0 N–H and O–H groups in total. The Labute approximate surface area is 53.8 Å². The van der Waals surface area contributed by atoms with Gasteiger partial charge in [0.1, 0.15) is 6.61 Å². The van der Waals surface area contributed by atoms with E-state index in [9.17, 15) is 0 Å². The molecule has 1 rings (SSSR count). The zero-order valence-corrected chi connectivity index (χ0v) is 5.11. The van der Waals surface area contributed by atoms with E-state index in [2.05, 4.69) is 0 Å². The number of hydrogen-bond acceptors (Lipinski definition) is 1. The molecular weight excluding hydrogens is 128 g/mol. The van der Waals surface area contributed by atoms with E-state index in [4.69, 9.17) is 4.74 Å². The fourth-order valence-electron chi connectivity index (χ4n) is 0.346. The van der Waals surface area contributed by atoms with Crippen molar-refractivity contribution in [3.05, 3.63) is 24.5 Å². The van der Waals surface area contributed by atoms with Crippen LogP contribution < -0.4 is 0 Å². The van der Waals surface area contributed by atoms with Gasteiger partial charge in [-0.1, -0.05) is 6.08 Å². The Bertz CT molecular complexity index is 74.1. The van der Waals surface area contributed by atoms with Crippen molar-refractivity contribution in [2.24, 2.45) is 0 Å². The first-order chi connectivity index (χ1) is 3.00. The molecule has 0 saturated heterocycles. The second kappa shape index (κ2) is 3.98. The standard InChI is InChI=1S/C5H6O.Cr/c1-2-4-6-5-3-1;/h1-4H,5H2;. The van der Waals surface area contributed by atoms with E-state index < -0.39 is 0 Å². The number of allylic oxidation sites excluding steroid dienone is 2. The van der Waals surface area contributed by atoms with E-state index >= 15 is 0 Å². The molecular formula is C5H6CrO. The average molecular weight is 134 g/mol. The molecule has 38 valence electrons. The predicted octanol–water partition coefficient (Wildman–Crippen LogP) is 1.08. The van der Waals surface area contributed by atoms with Crippen molar-refractivity contribution >= 4 is 0 Å². The summed E-state index contributed by atoms with van der Waals surface area (Å²) in [5, 5.41) is 0. The molecule has 0 radical (unpaired) electrons. The molecule has 0 amide bonds. The third-order valence-corrected chi connectivity index (χ3v) is 0.614. The van der Waals surface area contributed by atoms with Gasteiger partial charge in [0.2, 0.25) is 0 Å². The first kappa shape index (κ1) is 6.81. The Morgan fingerprint density at radius 3 is 2.29 bits per heavy atom. The van der Waals surface area contributed by atoms with Crippen molar-refractivity contribution in [2.45, 2.75) is 0 Å². The fraction of sp³-hybridized carbons (Fsp3) is 0.200. The predicted molar refractivity (Wildman–Crippen MR) is 24.2 cm³/mol. The molecule has 0 aromatic rings. The minimum atomic E-state index is 0. The SMILES string of the molecule is C1=CCOC=C1.[Cr]. The van der Waals surface area contributed by atoms with Crippen LogP contribution in [0.15, 0.2) is 24.5 Å². The Morgan fingerprint density at radius 2 is 2.14 bits per heavy atom. The molecule has 0 aromatic carbocycles. The van der Waals surface area contributed by atoms with Gasteiger partial charge in [0.15, 0.2) is 0 Å². The van der Waals surface area contributed by atoms with Crippen LogP contribution in [0.4, 0.5) is 0 Å². The Balaban J connectivity index is 0.000000360. The van der Waals surface area contributed by atoms with E-state index in [1.165, 1.54) is 0 Å². The molecule has 0 spiro atoms. The van der Waals surface area contributed by atoms with Crippen LogP contribution in [0, 0.1) is 0 Å². The molecule has 0 aromatic heterocycles. The van der Waals surface area contributed by atoms with Gasteiger partial charge in [0, 0.05) is 17.4 Å². The van der Waals surface area contributed by atoms with Crippen LogP contribution in [0.3, 0.4) is 0 Å². The maximum absolute atomic E-state index is 4.80. The molecule has 2 heteroatoms. The average Bonchev–Trinajstić information content (AvgIpc) is 1.72. The zero-order valence-electron chi connectivity index (χ0n) is 3.83. The van der Waals surface area contributed by atoms with Crippen molar-refractivity contribution in [3.63, 3.8) is 0 Å². The number of ether oxygens (including phenoxy) is 1. The van der Waals surface area contributed by atoms with E-state index in [0.717, 1.165) is 6.61 Å². The van der Waals surface area contributed by atoms with Crippen molar-refractivity contribution in [1.29, 1.82) is 0 Å². The minimum absolute atomic E-state index is 0. The summed E-state index contributed by atoms with van der Waals surface area (Å²) >= 11 is 0. The third-order valence-electron chi connectivity index (χ3n) is 0.614. The maximum Gasteiger partial charge on any atom is 0.106 e. The quantitative estimate of drug-likeness (QED) is 0.481. The molecule has 1 heterocycles. The first-order valence-corrected chi connectivity index (χ1v) is 1.93. The summed E-state index contributed by atoms with van der Waals surface area (Å²) in [6.45, 7) is 0.733. The molecule has 0 saturated carbocycles. The monoisotopic (exact) mass is 134 g/mol. The molecule has 0 aliphatic carbocycles. The first-order valence-electron chi connectivity index (χ1n) is 1.93. The van der Waals surface area contributed by atoms with Gasteiger partial charge in [-0.05, 0) is 12.2 Å². The van der Waals surface area contributed by atoms with Crippen LogP contribution in [-0.2, 0) is 22.1 Å². The molecule has 0 unspecified atom stereocenters. The Kier molecular flexibility index (Phi) is 3.88. The van der Waals surface area contributed by atoms with Gasteiger partial charge in [0.25, 0.3) is 0 Å². The van der Waals surface area contributed by atoms with Gasteiger partial charge >= 0.3 is 0 Å². The van der Waals surface area contributed by atoms with E-state index in [-0.39, 0.29) is 17.4 Å². The van der Waals surface area contributed by atoms with Gasteiger partial charge in [0.05, 0.1) is 6.26 Å². The van der Waals surface area contributed by atoms with Crippen molar-refractivity contribution in [2.75, 3.05) is 6.61 Å². The summed E-state index contributed by atoms with van der Waals surface area (Å²) < 4.78 is 4.80.